The molecule has 3 unspecified atom stereocenters. The van der Waals surface area contributed by atoms with E-state index in [1.54, 1.807) is 6.92 Å². The summed E-state index contributed by atoms with van der Waals surface area (Å²) < 4.78 is 0. The van der Waals surface area contributed by atoms with E-state index in [-0.39, 0.29) is 6.04 Å². The Morgan fingerprint density at radius 1 is 1.45 bits per heavy atom. The van der Waals surface area contributed by atoms with Gasteiger partial charge in [-0.2, -0.15) is 0 Å². The number of aliphatic carboxylic acids is 1. The first-order valence-electron chi connectivity index (χ1n) is 7.94. The lowest BCUT2D eigenvalue weighted by Gasteiger charge is -2.29. The van der Waals surface area contributed by atoms with Gasteiger partial charge in [0, 0.05) is 12.6 Å². The Labute approximate surface area is 123 Å². The number of carboxylic acids is 1. The Kier molecular flexibility index (Phi) is 6.46. The molecular formula is C16H32N2O2. The van der Waals surface area contributed by atoms with Crippen molar-refractivity contribution in [3.8, 4) is 0 Å². The Bertz CT molecular complexity index is 320. The molecule has 4 nitrogen and oxygen atoms in total. The van der Waals surface area contributed by atoms with Crippen LogP contribution in [0.1, 0.15) is 53.4 Å². The molecule has 0 aromatic rings. The molecule has 3 atom stereocenters. The first-order chi connectivity index (χ1) is 9.24. The predicted octanol–water partition coefficient (Wildman–Crippen LogP) is 2.59. The molecule has 0 spiro atoms. The average molecular weight is 284 g/mol. The molecule has 4 heteroatoms. The number of carboxylic acid groups (broad SMARTS) is 1. The molecule has 2 N–H and O–H groups in total. The van der Waals surface area contributed by atoms with Crippen molar-refractivity contribution in [1.82, 2.24) is 10.2 Å². The molecule has 0 radical (unpaired) electrons. The summed E-state index contributed by atoms with van der Waals surface area (Å²) in [6, 6.07) is 0.190. The summed E-state index contributed by atoms with van der Waals surface area (Å²) in [5.41, 5.74) is -0.794. The SMILES string of the molecule is CC(C)NC(C)(CCCCN(C)CC1CC1C)C(=O)O. The van der Waals surface area contributed by atoms with Gasteiger partial charge in [-0.1, -0.05) is 6.92 Å². The van der Waals surface area contributed by atoms with Crippen LogP contribution in [0.25, 0.3) is 0 Å². The highest BCUT2D eigenvalue weighted by Crippen LogP contribution is 2.37. The fourth-order valence-electron chi connectivity index (χ4n) is 2.88. The minimum atomic E-state index is -0.794. The van der Waals surface area contributed by atoms with Crippen LogP contribution in [-0.2, 0) is 4.79 Å². The zero-order valence-corrected chi connectivity index (χ0v) is 13.8. The van der Waals surface area contributed by atoms with Gasteiger partial charge in [-0.15, -0.1) is 0 Å². The molecule has 1 saturated carbocycles. The molecule has 1 rings (SSSR count). The van der Waals surface area contributed by atoms with E-state index in [1.165, 1.54) is 13.0 Å². The topological polar surface area (TPSA) is 52.6 Å². The normalized spacial score (nSPS) is 24.9. The van der Waals surface area contributed by atoms with Crippen LogP contribution in [0.15, 0.2) is 0 Å². The van der Waals surface area contributed by atoms with Gasteiger partial charge in [0.25, 0.3) is 0 Å². The third kappa shape index (κ3) is 5.80. The number of unbranched alkanes of at least 4 members (excludes halogenated alkanes) is 1. The molecule has 0 aromatic heterocycles. The highest BCUT2D eigenvalue weighted by atomic mass is 16.4. The minimum Gasteiger partial charge on any atom is -0.480 e. The monoisotopic (exact) mass is 284 g/mol. The maximum absolute atomic E-state index is 11.4. The van der Waals surface area contributed by atoms with E-state index in [0.29, 0.717) is 6.42 Å². The van der Waals surface area contributed by atoms with Crippen molar-refractivity contribution in [3.63, 3.8) is 0 Å². The number of hydrogen-bond donors (Lipinski definition) is 2. The van der Waals surface area contributed by atoms with Gasteiger partial charge in [0.2, 0.25) is 0 Å². The van der Waals surface area contributed by atoms with Gasteiger partial charge in [0.15, 0.2) is 0 Å². The second kappa shape index (κ2) is 7.41. The van der Waals surface area contributed by atoms with Gasteiger partial charge in [-0.05, 0) is 71.9 Å². The van der Waals surface area contributed by atoms with Gasteiger partial charge >= 0.3 is 5.97 Å². The number of hydrogen-bond acceptors (Lipinski definition) is 3. The first-order valence-corrected chi connectivity index (χ1v) is 7.94. The molecular weight excluding hydrogens is 252 g/mol. The van der Waals surface area contributed by atoms with Crippen LogP contribution in [0, 0.1) is 11.8 Å². The van der Waals surface area contributed by atoms with E-state index in [0.717, 1.165) is 31.2 Å². The van der Waals surface area contributed by atoms with E-state index in [1.807, 2.05) is 13.8 Å². The molecule has 1 aliphatic carbocycles. The molecule has 20 heavy (non-hydrogen) atoms. The Balaban J connectivity index is 2.21. The molecule has 0 heterocycles. The first kappa shape index (κ1) is 17.4. The molecule has 0 aromatic carbocycles. The summed E-state index contributed by atoms with van der Waals surface area (Å²) in [5, 5.41) is 12.6. The van der Waals surface area contributed by atoms with Crippen molar-refractivity contribution in [3.05, 3.63) is 0 Å². The van der Waals surface area contributed by atoms with Crippen LogP contribution in [0.4, 0.5) is 0 Å². The zero-order valence-electron chi connectivity index (χ0n) is 13.8. The van der Waals surface area contributed by atoms with Crippen LogP contribution < -0.4 is 5.32 Å². The lowest BCUT2D eigenvalue weighted by Crippen LogP contribution is -2.52. The minimum absolute atomic E-state index is 0.190. The highest BCUT2D eigenvalue weighted by Gasteiger charge is 2.34. The fourth-order valence-corrected chi connectivity index (χ4v) is 2.88. The van der Waals surface area contributed by atoms with Crippen molar-refractivity contribution in [2.24, 2.45) is 11.8 Å². The standard InChI is InChI=1S/C16H32N2O2/c1-12(2)17-16(4,15(19)20)8-6-7-9-18(5)11-14-10-13(14)3/h12-14,17H,6-11H2,1-5H3,(H,19,20). The third-order valence-corrected chi connectivity index (χ3v) is 4.37. The predicted molar refractivity (Wildman–Crippen MR) is 82.9 cm³/mol. The summed E-state index contributed by atoms with van der Waals surface area (Å²) in [7, 11) is 2.17. The second-order valence-electron chi connectivity index (χ2n) is 7.13. The van der Waals surface area contributed by atoms with Gasteiger partial charge in [0.1, 0.15) is 5.54 Å². The summed E-state index contributed by atoms with van der Waals surface area (Å²) in [4.78, 5) is 13.8. The van der Waals surface area contributed by atoms with E-state index < -0.39 is 11.5 Å². The van der Waals surface area contributed by atoms with Gasteiger partial charge < -0.3 is 10.0 Å². The van der Waals surface area contributed by atoms with Gasteiger partial charge in [-0.3, -0.25) is 10.1 Å². The van der Waals surface area contributed by atoms with E-state index in [4.69, 9.17) is 0 Å². The van der Waals surface area contributed by atoms with Crippen LogP contribution in [0.5, 0.6) is 0 Å². The number of carbonyl (C=O) groups is 1. The fraction of sp³-hybridized carbons (Fsp3) is 0.938. The van der Waals surface area contributed by atoms with Gasteiger partial charge in [-0.25, -0.2) is 0 Å². The number of rotatable bonds is 10. The van der Waals surface area contributed by atoms with Crippen molar-refractivity contribution in [1.29, 1.82) is 0 Å². The van der Waals surface area contributed by atoms with Gasteiger partial charge in [0.05, 0.1) is 0 Å². The third-order valence-electron chi connectivity index (χ3n) is 4.37. The van der Waals surface area contributed by atoms with Crippen LogP contribution in [0.2, 0.25) is 0 Å². The largest absolute Gasteiger partial charge is 0.480 e. The highest BCUT2D eigenvalue weighted by molar-refractivity contribution is 5.78. The lowest BCUT2D eigenvalue weighted by molar-refractivity contribution is -0.144. The smallest absolute Gasteiger partial charge is 0.323 e. The average Bonchev–Trinajstić information content (AvgIpc) is 2.99. The summed E-state index contributed by atoms with van der Waals surface area (Å²) in [6.07, 6.45) is 4.08. The zero-order chi connectivity index (χ0) is 15.3. The van der Waals surface area contributed by atoms with Crippen molar-refractivity contribution >= 4 is 5.97 Å². The summed E-state index contributed by atoms with van der Waals surface area (Å²) in [6.45, 7) is 10.4. The maximum atomic E-state index is 11.4. The van der Waals surface area contributed by atoms with Crippen LogP contribution in [-0.4, -0.2) is 47.7 Å². The molecule has 0 amide bonds. The van der Waals surface area contributed by atoms with E-state index in [9.17, 15) is 9.90 Å². The Morgan fingerprint density at radius 2 is 2.05 bits per heavy atom. The van der Waals surface area contributed by atoms with E-state index >= 15 is 0 Å². The molecule has 0 saturated heterocycles. The Hall–Kier alpha value is -0.610. The molecule has 1 fully saturated rings. The summed E-state index contributed by atoms with van der Waals surface area (Å²) in [5.74, 6) is 1.06. The molecule has 0 aliphatic heterocycles. The Morgan fingerprint density at radius 3 is 2.50 bits per heavy atom. The number of nitrogens with one attached hydrogen (secondary N) is 1. The molecule has 0 bridgehead atoms. The van der Waals surface area contributed by atoms with E-state index in [2.05, 4.69) is 24.2 Å². The second-order valence-corrected chi connectivity index (χ2v) is 7.13. The van der Waals surface area contributed by atoms with Crippen LogP contribution >= 0.6 is 0 Å². The van der Waals surface area contributed by atoms with Crippen molar-refractivity contribution in [2.75, 3.05) is 20.1 Å². The van der Waals surface area contributed by atoms with Crippen molar-refractivity contribution < 1.29 is 9.90 Å². The molecule has 1 aliphatic rings. The van der Waals surface area contributed by atoms with Crippen LogP contribution in [0.3, 0.4) is 0 Å². The maximum Gasteiger partial charge on any atom is 0.323 e. The molecule has 118 valence electrons. The lowest BCUT2D eigenvalue weighted by atomic mass is 9.94. The quantitative estimate of drug-likeness (QED) is 0.605. The van der Waals surface area contributed by atoms with Crippen molar-refractivity contribution in [2.45, 2.75) is 65.0 Å². The number of nitrogens with zero attached hydrogens (tertiary/aromatic N) is 1. The summed E-state index contributed by atoms with van der Waals surface area (Å²) >= 11 is 0.